The highest BCUT2D eigenvalue weighted by molar-refractivity contribution is 8.26. The van der Waals surface area contributed by atoms with Crippen LogP contribution in [0.3, 0.4) is 0 Å². The molecule has 0 radical (unpaired) electrons. The number of rotatable bonds is 28. The fourth-order valence-corrected chi connectivity index (χ4v) is 9.80. The second-order valence-corrected chi connectivity index (χ2v) is 16.1. The smallest absolute Gasteiger partial charge is 0.408 e. The van der Waals surface area contributed by atoms with Gasteiger partial charge in [-0.3, -0.25) is 0 Å². The van der Waals surface area contributed by atoms with Gasteiger partial charge in [0.1, 0.15) is 18.5 Å². The van der Waals surface area contributed by atoms with Crippen molar-refractivity contribution in [2.75, 3.05) is 79.5 Å². The molecule has 0 bridgehead atoms. The molecule has 19 heteroatoms. The SMILES string of the molecule is CSC/N=C\OOCSCSCSCSCOC(=O)NCSCSCSCSC/N=C/OOCCO. The first-order valence-electron chi connectivity index (χ1n) is 9.96. The quantitative estimate of drug-likeness (QED) is 0.0273. The monoisotopic (exact) mass is 679 g/mol. The minimum absolute atomic E-state index is 0.0845. The average molecular weight is 680 g/mol. The van der Waals surface area contributed by atoms with E-state index in [1.807, 2.05) is 29.8 Å². The van der Waals surface area contributed by atoms with Crippen LogP contribution in [0.1, 0.15) is 0 Å². The minimum atomic E-state index is -0.381. The Bertz CT molecular complexity index is 532. The van der Waals surface area contributed by atoms with Gasteiger partial charge in [-0.1, -0.05) is 0 Å². The number of nitrogens with one attached hydrogen (secondary N) is 1. The molecule has 36 heavy (non-hydrogen) atoms. The van der Waals surface area contributed by atoms with Gasteiger partial charge in [0, 0.05) is 30.5 Å². The molecule has 0 fully saturated rings. The Morgan fingerprint density at radius 3 is 2.06 bits per heavy atom. The number of aliphatic hydroxyl groups excluding tert-OH is 1. The van der Waals surface area contributed by atoms with Crippen molar-refractivity contribution in [2.45, 2.75) is 0 Å². The third kappa shape index (κ3) is 33.3. The normalized spacial score (nSPS) is 11.4. The number of carbonyl (C=O) groups excluding carboxylic acids is 1. The zero-order valence-corrected chi connectivity index (χ0v) is 27.2. The number of ether oxygens (including phenoxy) is 1. The summed E-state index contributed by atoms with van der Waals surface area (Å²) in [6.45, 7) is 0.0442. The maximum Gasteiger partial charge on any atom is 0.408 e. The van der Waals surface area contributed by atoms with Crippen LogP contribution in [0.25, 0.3) is 0 Å². The summed E-state index contributed by atoms with van der Waals surface area (Å²) in [5.74, 6) is 2.61. The second kappa shape index (κ2) is 34.3. The molecule has 0 saturated heterocycles. The highest BCUT2D eigenvalue weighted by Crippen LogP contribution is 2.22. The van der Waals surface area contributed by atoms with Gasteiger partial charge in [-0.2, -0.15) is 9.78 Å². The van der Waals surface area contributed by atoms with E-state index in [2.05, 4.69) is 25.1 Å². The molecule has 2 N–H and O–H groups in total. The van der Waals surface area contributed by atoms with Crippen LogP contribution in [0.15, 0.2) is 9.98 Å². The summed E-state index contributed by atoms with van der Waals surface area (Å²) < 4.78 is 5.15. The van der Waals surface area contributed by atoms with E-state index in [4.69, 9.17) is 19.6 Å². The molecule has 212 valence electrons. The Kier molecular flexibility index (Phi) is 35.4. The summed E-state index contributed by atoms with van der Waals surface area (Å²) in [5.41, 5.74) is 0. The van der Waals surface area contributed by atoms with E-state index in [0.29, 0.717) is 29.5 Å². The van der Waals surface area contributed by atoms with Gasteiger partial charge in [0.15, 0.2) is 0 Å². The molecule has 0 heterocycles. The molecule has 0 aromatic carbocycles. The van der Waals surface area contributed by atoms with Gasteiger partial charge in [0.05, 0.1) is 24.2 Å². The lowest BCUT2D eigenvalue weighted by Crippen LogP contribution is -2.23. The highest BCUT2D eigenvalue weighted by atomic mass is 32.3. The van der Waals surface area contributed by atoms with E-state index in [-0.39, 0.29) is 19.3 Å². The summed E-state index contributed by atoms with van der Waals surface area (Å²) in [6, 6.07) is 0. The summed E-state index contributed by atoms with van der Waals surface area (Å²) in [4.78, 5) is 38.5. The Morgan fingerprint density at radius 1 is 0.778 bits per heavy atom. The van der Waals surface area contributed by atoms with Crippen LogP contribution in [-0.2, 0) is 24.3 Å². The van der Waals surface area contributed by atoms with Crippen LogP contribution in [-0.4, -0.2) is 103 Å². The number of thioether (sulfide) groups is 9. The molecule has 0 aliphatic heterocycles. The standard InChI is InChI=1S/C17H33N3O7S9/c1-28-6-18-4-26-27-10-32-14-36-16-35-13-31-9-23-17(22)20-8-30-12-34-15-33-11-29-7-19-5-25-24-3-2-21/h4-5,21H,2-3,6-16H2,1H3,(H,20,22)/b18-4-,19-5+. The third-order valence-corrected chi connectivity index (χ3v) is 12.3. The second-order valence-electron chi connectivity index (χ2n) is 5.31. The van der Waals surface area contributed by atoms with E-state index < -0.39 is 0 Å². The van der Waals surface area contributed by atoms with E-state index in [1.165, 1.54) is 12.8 Å². The number of hydrogen-bond donors (Lipinski definition) is 2. The van der Waals surface area contributed by atoms with Crippen molar-refractivity contribution < 1.29 is 34.2 Å². The first kappa shape index (κ1) is 37.2. The molecule has 0 unspecified atom stereocenters. The van der Waals surface area contributed by atoms with Gasteiger partial charge < -0.3 is 24.9 Å². The zero-order valence-electron chi connectivity index (χ0n) is 19.8. The van der Waals surface area contributed by atoms with Crippen molar-refractivity contribution in [1.82, 2.24) is 5.32 Å². The molecule has 0 aromatic rings. The van der Waals surface area contributed by atoms with Crippen molar-refractivity contribution >= 4 is 125 Å². The molecule has 0 aliphatic carbocycles. The van der Waals surface area contributed by atoms with Crippen molar-refractivity contribution in [2.24, 2.45) is 9.98 Å². The molecular weight excluding hydrogens is 647 g/mol. The average Bonchev–Trinajstić information content (AvgIpc) is 2.88. The summed E-state index contributed by atoms with van der Waals surface area (Å²) in [5, 5.41) is 16.8. The van der Waals surface area contributed by atoms with Crippen LogP contribution < -0.4 is 5.32 Å². The molecule has 0 rings (SSSR count). The van der Waals surface area contributed by atoms with Gasteiger partial charge in [0.25, 0.3) is 0 Å². The number of aliphatic imine (C=N–C) groups is 2. The van der Waals surface area contributed by atoms with E-state index in [9.17, 15) is 4.79 Å². The Hall–Kier alpha value is 1.24. The maximum atomic E-state index is 11.7. The number of alkyl carbamates (subject to hydrolysis) is 1. The number of aliphatic hydroxyl groups is 1. The molecule has 0 atom stereocenters. The Morgan fingerprint density at radius 2 is 1.36 bits per heavy atom. The lowest BCUT2D eigenvalue weighted by molar-refractivity contribution is -0.221. The molecule has 10 nitrogen and oxygen atoms in total. The van der Waals surface area contributed by atoms with Gasteiger partial charge in [-0.25, -0.2) is 14.8 Å². The summed E-state index contributed by atoms with van der Waals surface area (Å²) in [7, 11) is 0. The molecule has 1 amide bonds. The van der Waals surface area contributed by atoms with Gasteiger partial charge in [-0.05, 0) is 6.26 Å². The number of hydrogen-bond acceptors (Lipinski definition) is 18. The Balaban J connectivity index is 3.19. The van der Waals surface area contributed by atoms with Crippen molar-refractivity contribution in [3.05, 3.63) is 0 Å². The third-order valence-electron chi connectivity index (χ3n) is 2.64. The number of amides is 1. The fraction of sp³-hybridized carbons (Fsp3) is 0.824. The first-order valence-corrected chi connectivity index (χ1v) is 20.6. The Labute approximate surface area is 251 Å². The van der Waals surface area contributed by atoms with Crippen molar-refractivity contribution in [3.63, 3.8) is 0 Å². The van der Waals surface area contributed by atoms with Crippen molar-refractivity contribution in [3.8, 4) is 0 Å². The van der Waals surface area contributed by atoms with Crippen LogP contribution in [0.5, 0.6) is 0 Å². The zero-order chi connectivity index (χ0) is 26.2. The van der Waals surface area contributed by atoms with Crippen LogP contribution >= 0.6 is 106 Å². The summed E-state index contributed by atoms with van der Waals surface area (Å²) >= 11 is 15.4. The topological polar surface area (TPSA) is 120 Å². The lowest BCUT2D eigenvalue weighted by atomic mass is 10.8. The summed E-state index contributed by atoms with van der Waals surface area (Å²) in [6.07, 6.45) is 4.14. The predicted molar refractivity (Wildman–Crippen MR) is 171 cm³/mol. The first-order chi connectivity index (χ1) is 17.8. The van der Waals surface area contributed by atoms with Crippen LogP contribution in [0, 0.1) is 0 Å². The fourth-order valence-electron chi connectivity index (χ4n) is 1.35. The van der Waals surface area contributed by atoms with Crippen LogP contribution in [0.4, 0.5) is 4.79 Å². The minimum Gasteiger partial charge on any atom is -0.438 e. The predicted octanol–water partition coefficient (Wildman–Crippen LogP) is 5.42. The molecular formula is C17H33N3O7S9. The maximum absolute atomic E-state index is 11.7. The molecule has 0 aliphatic rings. The highest BCUT2D eigenvalue weighted by Gasteiger charge is 2.01. The van der Waals surface area contributed by atoms with Gasteiger partial charge in [0.2, 0.25) is 12.8 Å². The molecule has 0 aromatic heterocycles. The lowest BCUT2D eigenvalue weighted by Gasteiger charge is -2.07. The molecule has 0 spiro atoms. The van der Waals surface area contributed by atoms with E-state index >= 15 is 0 Å². The number of nitrogens with zero attached hydrogens (tertiary/aromatic N) is 2. The van der Waals surface area contributed by atoms with E-state index in [0.717, 1.165) is 30.5 Å². The van der Waals surface area contributed by atoms with Gasteiger partial charge >= 0.3 is 6.09 Å². The van der Waals surface area contributed by atoms with Crippen molar-refractivity contribution in [1.29, 1.82) is 0 Å². The van der Waals surface area contributed by atoms with E-state index in [1.54, 1.807) is 82.3 Å². The number of carbonyl (C=O) groups is 1. The molecule has 0 saturated carbocycles. The van der Waals surface area contributed by atoms with Crippen LogP contribution in [0.2, 0.25) is 0 Å². The van der Waals surface area contributed by atoms with Gasteiger partial charge in [-0.15, -0.1) is 106 Å². The largest absolute Gasteiger partial charge is 0.438 e.